The van der Waals surface area contributed by atoms with Crippen LogP contribution in [0.1, 0.15) is 10.4 Å². The first-order valence-corrected chi connectivity index (χ1v) is 9.94. The number of nitro benzene ring substituents is 1. The summed E-state index contributed by atoms with van der Waals surface area (Å²) in [5.41, 5.74) is 1.93. The van der Waals surface area contributed by atoms with Gasteiger partial charge in [0.05, 0.1) is 33.4 Å². The second-order valence-electron chi connectivity index (χ2n) is 7.22. The minimum Gasteiger partial charge on any atom is -0.493 e. The van der Waals surface area contributed by atoms with E-state index in [2.05, 4.69) is 0 Å². The van der Waals surface area contributed by atoms with Gasteiger partial charge < -0.3 is 18.9 Å². The number of hydrogen-bond donors (Lipinski definition) is 0. The molecule has 0 bridgehead atoms. The van der Waals surface area contributed by atoms with Crippen molar-refractivity contribution < 1.29 is 28.7 Å². The molecule has 168 valence electrons. The van der Waals surface area contributed by atoms with Gasteiger partial charge in [0.15, 0.2) is 29.3 Å². The molecule has 0 fully saturated rings. The van der Waals surface area contributed by atoms with E-state index in [-0.39, 0.29) is 5.69 Å². The van der Waals surface area contributed by atoms with Crippen LogP contribution in [0.2, 0.25) is 0 Å². The van der Waals surface area contributed by atoms with Crippen LogP contribution in [0.25, 0.3) is 32.7 Å². The van der Waals surface area contributed by atoms with Crippen molar-refractivity contribution in [1.82, 2.24) is 0 Å². The number of methoxy groups -OCH3 is 4. The molecule has 0 aliphatic heterocycles. The van der Waals surface area contributed by atoms with E-state index >= 15 is 0 Å². The maximum Gasteiger partial charge on any atom is 0.269 e. The molecule has 0 saturated heterocycles. The molecule has 8 heteroatoms. The minimum atomic E-state index is -0.447. The SMILES string of the molecule is COc1cc2c(C=O)c3cc(OC)c(OC)cc3c(-c3ccc([N+](=O)[O-])cc3)c2cc1OC. The number of aldehydes is 1. The first-order valence-electron chi connectivity index (χ1n) is 9.94. The van der Waals surface area contributed by atoms with Crippen LogP contribution in [0.3, 0.4) is 0 Å². The molecule has 0 heterocycles. The van der Waals surface area contributed by atoms with Gasteiger partial charge in [0.1, 0.15) is 0 Å². The van der Waals surface area contributed by atoms with Gasteiger partial charge in [-0.25, -0.2) is 0 Å². The molecular formula is C25H21NO7. The molecule has 33 heavy (non-hydrogen) atoms. The molecule has 4 aromatic carbocycles. The van der Waals surface area contributed by atoms with Gasteiger partial charge in [0, 0.05) is 17.7 Å². The number of hydrogen-bond acceptors (Lipinski definition) is 7. The molecular weight excluding hydrogens is 426 g/mol. The molecule has 0 unspecified atom stereocenters. The van der Waals surface area contributed by atoms with Crippen LogP contribution >= 0.6 is 0 Å². The molecule has 0 atom stereocenters. The Morgan fingerprint density at radius 1 is 0.697 bits per heavy atom. The lowest BCUT2D eigenvalue weighted by molar-refractivity contribution is -0.384. The monoisotopic (exact) mass is 447 g/mol. The van der Waals surface area contributed by atoms with Crippen LogP contribution < -0.4 is 18.9 Å². The second-order valence-corrected chi connectivity index (χ2v) is 7.22. The van der Waals surface area contributed by atoms with Gasteiger partial charge in [-0.05, 0) is 69.1 Å². The lowest BCUT2D eigenvalue weighted by Gasteiger charge is -2.19. The third-order valence-corrected chi connectivity index (χ3v) is 5.65. The van der Waals surface area contributed by atoms with E-state index in [1.54, 1.807) is 36.4 Å². The molecule has 0 aliphatic carbocycles. The molecule has 0 N–H and O–H groups in total. The standard InChI is InChI=1S/C25H21NO7/c1-30-21-9-16-18(11-23(21)32-3)25(14-5-7-15(8-6-14)26(28)29)19-12-24(33-4)22(31-2)10-17(19)20(16)13-27/h5-13H,1-4H3. The predicted octanol–water partition coefficient (Wildman–Crippen LogP) is 5.42. The van der Waals surface area contributed by atoms with Gasteiger partial charge in [0.2, 0.25) is 0 Å². The zero-order valence-electron chi connectivity index (χ0n) is 18.5. The maximum atomic E-state index is 12.3. The first-order chi connectivity index (χ1) is 16.0. The van der Waals surface area contributed by atoms with E-state index in [1.165, 1.54) is 40.6 Å². The fourth-order valence-corrected chi connectivity index (χ4v) is 4.10. The number of carbonyl (C=O) groups is 1. The van der Waals surface area contributed by atoms with Crippen LogP contribution in [-0.2, 0) is 0 Å². The zero-order valence-corrected chi connectivity index (χ0v) is 18.5. The molecule has 0 amide bonds. The number of nitrogens with zero attached hydrogens (tertiary/aromatic N) is 1. The van der Waals surface area contributed by atoms with Crippen LogP contribution in [-0.4, -0.2) is 39.6 Å². The summed E-state index contributed by atoms with van der Waals surface area (Å²) in [6.07, 6.45) is 0.794. The highest BCUT2D eigenvalue weighted by Gasteiger charge is 2.21. The highest BCUT2D eigenvalue weighted by atomic mass is 16.6. The predicted molar refractivity (Wildman–Crippen MR) is 125 cm³/mol. The lowest BCUT2D eigenvalue weighted by Crippen LogP contribution is -1.98. The van der Waals surface area contributed by atoms with Gasteiger partial charge >= 0.3 is 0 Å². The second kappa shape index (κ2) is 8.66. The fraction of sp³-hybridized carbons (Fsp3) is 0.160. The van der Waals surface area contributed by atoms with Crippen molar-refractivity contribution in [2.75, 3.05) is 28.4 Å². The van der Waals surface area contributed by atoms with Crippen molar-refractivity contribution in [3.05, 3.63) is 64.2 Å². The van der Waals surface area contributed by atoms with Crippen molar-refractivity contribution >= 4 is 33.5 Å². The maximum absolute atomic E-state index is 12.3. The number of carbonyl (C=O) groups excluding carboxylic acids is 1. The number of nitro groups is 1. The van der Waals surface area contributed by atoms with E-state index in [1.807, 2.05) is 0 Å². The number of benzene rings is 4. The average molecular weight is 447 g/mol. The van der Waals surface area contributed by atoms with E-state index in [9.17, 15) is 14.9 Å². The number of fused-ring (bicyclic) bond motifs is 2. The normalized spacial score (nSPS) is 10.8. The summed E-state index contributed by atoms with van der Waals surface area (Å²) in [5, 5.41) is 13.9. The van der Waals surface area contributed by atoms with Crippen molar-refractivity contribution in [2.24, 2.45) is 0 Å². The van der Waals surface area contributed by atoms with E-state index in [0.29, 0.717) is 39.3 Å². The van der Waals surface area contributed by atoms with Gasteiger partial charge in [-0.1, -0.05) is 0 Å². The zero-order chi connectivity index (χ0) is 23.7. The van der Waals surface area contributed by atoms with Crippen LogP contribution in [0, 0.1) is 10.1 Å². The van der Waals surface area contributed by atoms with Gasteiger partial charge in [-0.15, -0.1) is 0 Å². The summed E-state index contributed by atoms with van der Waals surface area (Å²) < 4.78 is 21.9. The Bertz CT molecular complexity index is 1320. The molecule has 0 aliphatic rings. The quantitative estimate of drug-likeness (QED) is 0.162. The van der Waals surface area contributed by atoms with E-state index in [4.69, 9.17) is 18.9 Å². The highest BCUT2D eigenvalue weighted by molar-refractivity contribution is 6.21. The van der Waals surface area contributed by atoms with Crippen LogP contribution in [0.4, 0.5) is 5.69 Å². The summed E-state index contributed by atoms with van der Waals surface area (Å²) >= 11 is 0. The van der Waals surface area contributed by atoms with E-state index in [0.717, 1.165) is 28.2 Å². The Balaban J connectivity index is 2.23. The van der Waals surface area contributed by atoms with Crippen molar-refractivity contribution in [3.63, 3.8) is 0 Å². The smallest absolute Gasteiger partial charge is 0.269 e. The van der Waals surface area contributed by atoms with E-state index < -0.39 is 4.92 Å². The van der Waals surface area contributed by atoms with Crippen molar-refractivity contribution in [1.29, 1.82) is 0 Å². The van der Waals surface area contributed by atoms with Crippen LogP contribution in [0.15, 0.2) is 48.5 Å². The summed E-state index contributed by atoms with van der Waals surface area (Å²) in [4.78, 5) is 23.0. The Labute approximate surface area is 189 Å². The van der Waals surface area contributed by atoms with Gasteiger partial charge in [0.25, 0.3) is 5.69 Å². The Hall–Kier alpha value is -4.33. The minimum absolute atomic E-state index is 0.0182. The van der Waals surface area contributed by atoms with Crippen molar-refractivity contribution in [2.45, 2.75) is 0 Å². The van der Waals surface area contributed by atoms with Gasteiger partial charge in [-0.2, -0.15) is 0 Å². The summed E-state index contributed by atoms with van der Waals surface area (Å²) in [5.74, 6) is 1.93. The average Bonchev–Trinajstić information content (AvgIpc) is 2.85. The van der Waals surface area contributed by atoms with Crippen LogP contribution in [0.5, 0.6) is 23.0 Å². The molecule has 0 spiro atoms. The summed E-state index contributed by atoms with van der Waals surface area (Å²) in [7, 11) is 6.11. The molecule has 0 aromatic heterocycles. The summed E-state index contributed by atoms with van der Waals surface area (Å²) in [6.45, 7) is 0. The lowest BCUT2D eigenvalue weighted by atomic mass is 9.88. The molecule has 8 nitrogen and oxygen atoms in total. The summed E-state index contributed by atoms with van der Waals surface area (Å²) in [6, 6.07) is 13.4. The largest absolute Gasteiger partial charge is 0.493 e. The molecule has 0 radical (unpaired) electrons. The van der Waals surface area contributed by atoms with Gasteiger partial charge in [-0.3, -0.25) is 14.9 Å². The number of rotatable bonds is 7. The van der Waals surface area contributed by atoms with Crippen molar-refractivity contribution in [3.8, 4) is 34.1 Å². The Morgan fingerprint density at radius 3 is 1.42 bits per heavy atom. The third-order valence-electron chi connectivity index (χ3n) is 5.65. The fourth-order valence-electron chi connectivity index (χ4n) is 4.10. The number of non-ortho nitro benzene ring substituents is 1. The Kier molecular flexibility index (Phi) is 5.74. The highest BCUT2D eigenvalue weighted by Crippen LogP contribution is 2.46. The molecule has 4 rings (SSSR count). The third kappa shape index (κ3) is 3.55. The molecule has 4 aromatic rings. The molecule has 0 saturated carbocycles. The Morgan fingerprint density at radius 2 is 1.09 bits per heavy atom. The topological polar surface area (TPSA) is 97.1 Å². The number of ether oxygens (including phenoxy) is 4. The first kappa shape index (κ1) is 21.9.